The van der Waals surface area contributed by atoms with Gasteiger partial charge in [-0.15, -0.1) is 11.3 Å². The number of nitrogens with one attached hydrogen (secondary N) is 2. The van der Waals surface area contributed by atoms with Gasteiger partial charge in [0.05, 0.1) is 11.3 Å². The number of esters is 1. The molecule has 9 nitrogen and oxygen atoms in total. The first-order chi connectivity index (χ1) is 14.0. The Morgan fingerprint density at radius 3 is 2.48 bits per heavy atom. The molecule has 0 atom stereocenters. The van der Waals surface area contributed by atoms with Crippen LogP contribution in [0.5, 0.6) is 0 Å². The fourth-order valence-corrected chi connectivity index (χ4v) is 2.98. The maximum Gasteiger partial charge on any atom is 0.306 e. The molecule has 1 aromatic carbocycles. The average Bonchev–Trinajstić information content (AvgIpc) is 3.37. The van der Waals surface area contributed by atoms with Crippen LogP contribution in [-0.4, -0.2) is 34.5 Å². The number of carbonyl (C=O) groups excluding carboxylic acids is 3. The standard InChI is InChI=1S/C19H18N4O5S/c1-12(24)20-13-4-6-14(7-5-13)21-16(25)11-27-18(26)9-8-17-22-19(23-28-17)15-3-2-10-29-15/h2-7,10H,8-9,11H2,1H3,(H,20,24)(H,21,25). The molecule has 2 heterocycles. The van der Waals surface area contributed by atoms with Crippen molar-refractivity contribution in [2.24, 2.45) is 0 Å². The van der Waals surface area contributed by atoms with Crippen LogP contribution in [0.25, 0.3) is 10.7 Å². The van der Waals surface area contributed by atoms with Crippen molar-refractivity contribution in [3.8, 4) is 10.7 Å². The van der Waals surface area contributed by atoms with E-state index in [9.17, 15) is 14.4 Å². The summed E-state index contributed by atoms with van der Waals surface area (Å²) in [6, 6.07) is 10.3. The summed E-state index contributed by atoms with van der Waals surface area (Å²) >= 11 is 1.49. The number of nitrogens with zero attached hydrogens (tertiary/aromatic N) is 2. The predicted octanol–water partition coefficient (Wildman–Crippen LogP) is 2.87. The molecule has 2 N–H and O–H groups in total. The molecule has 0 saturated heterocycles. The smallest absolute Gasteiger partial charge is 0.306 e. The number of benzene rings is 1. The van der Waals surface area contributed by atoms with Gasteiger partial charge in [-0.1, -0.05) is 11.2 Å². The molecule has 0 unspecified atom stereocenters. The number of aromatic nitrogens is 2. The number of aryl methyl sites for hydroxylation is 1. The first-order valence-electron chi connectivity index (χ1n) is 8.69. The molecule has 0 radical (unpaired) electrons. The van der Waals surface area contributed by atoms with Crippen LogP contribution in [0.4, 0.5) is 11.4 Å². The van der Waals surface area contributed by atoms with Crippen molar-refractivity contribution in [3.05, 3.63) is 47.7 Å². The molecule has 3 aromatic rings. The monoisotopic (exact) mass is 414 g/mol. The van der Waals surface area contributed by atoms with Crippen LogP contribution in [0.1, 0.15) is 19.2 Å². The lowest BCUT2D eigenvalue weighted by molar-refractivity contribution is -0.147. The van der Waals surface area contributed by atoms with E-state index in [-0.39, 0.29) is 18.7 Å². The normalized spacial score (nSPS) is 10.4. The summed E-state index contributed by atoms with van der Waals surface area (Å²) in [6.45, 7) is 1.00. The molecule has 0 spiro atoms. The molecule has 10 heteroatoms. The van der Waals surface area contributed by atoms with E-state index in [0.717, 1.165) is 4.88 Å². The highest BCUT2D eigenvalue weighted by Crippen LogP contribution is 2.21. The van der Waals surface area contributed by atoms with E-state index in [1.165, 1.54) is 18.3 Å². The summed E-state index contributed by atoms with van der Waals surface area (Å²) in [4.78, 5) is 39.8. The molecule has 3 rings (SSSR count). The number of thiophene rings is 1. The van der Waals surface area contributed by atoms with Crippen molar-refractivity contribution in [1.29, 1.82) is 0 Å². The maximum absolute atomic E-state index is 11.9. The number of anilines is 2. The molecule has 0 bridgehead atoms. The van der Waals surface area contributed by atoms with E-state index in [1.54, 1.807) is 24.3 Å². The molecule has 0 fully saturated rings. The van der Waals surface area contributed by atoms with Crippen LogP contribution in [0.2, 0.25) is 0 Å². The van der Waals surface area contributed by atoms with Gasteiger partial charge < -0.3 is 19.9 Å². The Morgan fingerprint density at radius 2 is 1.83 bits per heavy atom. The lowest BCUT2D eigenvalue weighted by Crippen LogP contribution is -2.21. The predicted molar refractivity (Wildman–Crippen MR) is 106 cm³/mol. The van der Waals surface area contributed by atoms with Crippen molar-refractivity contribution in [1.82, 2.24) is 10.1 Å². The topological polar surface area (TPSA) is 123 Å². The van der Waals surface area contributed by atoms with Crippen molar-refractivity contribution < 1.29 is 23.6 Å². The van der Waals surface area contributed by atoms with Gasteiger partial charge in [-0.2, -0.15) is 4.98 Å². The Labute approximate surface area is 170 Å². The number of carbonyl (C=O) groups is 3. The van der Waals surface area contributed by atoms with Crippen LogP contribution < -0.4 is 10.6 Å². The molecule has 2 amide bonds. The summed E-state index contributed by atoms with van der Waals surface area (Å²) in [7, 11) is 0. The van der Waals surface area contributed by atoms with Crippen molar-refractivity contribution in [2.75, 3.05) is 17.2 Å². The largest absolute Gasteiger partial charge is 0.456 e. The first-order valence-corrected chi connectivity index (χ1v) is 9.57. The van der Waals surface area contributed by atoms with E-state index in [0.29, 0.717) is 23.1 Å². The van der Waals surface area contributed by atoms with E-state index in [4.69, 9.17) is 9.26 Å². The molecular weight excluding hydrogens is 396 g/mol. The summed E-state index contributed by atoms with van der Waals surface area (Å²) in [5.41, 5.74) is 1.14. The lowest BCUT2D eigenvalue weighted by Gasteiger charge is -2.07. The minimum absolute atomic E-state index is 0.0186. The zero-order chi connectivity index (χ0) is 20.6. The fourth-order valence-electron chi connectivity index (χ4n) is 2.33. The van der Waals surface area contributed by atoms with Gasteiger partial charge in [-0.05, 0) is 35.7 Å². The number of rotatable bonds is 8. The van der Waals surface area contributed by atoms with E-state index >= 15 is 0 Å². The highest BCUT2D eigenvalue weighted by Gasteiger charge is 2.13. The van der Waals surface area contributed by atoms with Crippen LogP contribution in [0, 0.1) is 0 Å². The second-order valence-electron chi connectivity index (χ2n) is 5.96. The Morgan fingerprint density at radius 1 is 1.10 bits per heavy atom. The number of ether oxygens (including phenoxy) is 1. The third kappa shape index (κ3) is 6.25. The second kappa shape index (κ2) is 9.60. The molecule has 0 aliphatic carbocycles. The number of amides is 2. The average molecular weight is 414 g/mol. The van der Waals surface area contributed by atoms with Gasteiger partial charge in [-0.25, -0.2) is 0 Å². The van der Waals surface area contributed by atoms with Gasteiger partial charge in [0, 0.05) is 24.7 Å². The Bertz CT molecular complexity index is 982. The van der Waals surface area contributed by atoms with Gasteiger partial charge in [-0.3, -0.25) is 14.4 Å². The van der Waals surface area contributed by atoms with E-state index < -0.39 is 18.5 Å². The van der Waals surface area contributed by atoms with Gasteiger partial charge in [0.15, 0.2) is 6.61 Å². The first kappa shape index (κ1) is 20.2. The van der Waals surface area contributed by atoms with Gasteiger partial charge in [0.2, 0.25) is 17.6 Å². The van der Waals surface area contributed by atoms with Gasteiger partial charge in [0.1, 0.15) is 0 Å². The van der Waals surface area contributed by atoms with Crippen LogP contribution in [0.15, 0.2) is 46.3 Å². The van der Waals surface area contributed by atoms with Crippen molar-refractivity contribution in [3.63, 3.8) is 0 Å². The van der Waals surface area contributed by atoms with Gasteiger partial charge >= 0.3 is 5.97 Å². The third-order valence-electron chi connectivity index (χ3n) is 3.61. The fraction of sp³-hybridized carbons (Fsp3) is 0.211. The summed E-state index contributed by atoms with van der Waals surface area (Å²) in [5.74, 6) is -0.390. The third-order valence-corrected chi connectivity index (χ3v) is 4.47. The lowest BCUT2D eigenvalue weighted by atomic mass is 10.2. The van der Waals surface area contributed by atoms with Crippen LogP contribution >= 0.6 is 11.3 Å². The summed E-state index contributed by atoms with van der Waals surface area (Å²) in [5, 5.41) is 11.0. The zero-order valence-corrected chi connectivity index (χ0v) is 16.3. The number of hydrogen-bond donors (Lipinski definition) is 2. The molecule has 0 aliphatic rings. The minimum atomic E-state index is -0.544. The molecule has 150 valence electrons. The van der Waals surface area contributed by atoms with Crippen LogP contribution in [0.3, 0.4) is 0 Å². The number of hydrogen-bond acceptors (Lipinski definition) is 8. The van der Waals surface area contributed by atoms with Crippen molar-refractivity contribution in [2.45, 2.75) is 19.8 Å². The summed E-state index contributed by atoms with van der Waals surface area (Å²) in [6.07, 6.45) is 0.244. The van der Waals surface area contributed by atoms with Crippen molar-refractivity contribution >= 4 is 40.5 Å². The highest BCUT2D eigenvalue weighted by molar-refractivity contribution is 7.13. The zero-order valence-electron chi connectivity index (χ0n) is 15.5. The molecule has 2 aromatic heterocycles. The Balaban J connectivity index is 1.39. The van der Waals surface area contributed by atoms with E-state index in [1.807, 2.05) is 17.5 Å². The van der Waals surface area contributed by atoms with E-state index in [2.05, 4.69) is 20.8 Å². The molecule has 29 heavy (non-hydrogen) atoms. The second-order valence-corrected chi connectivity index (χ2v) is 6.90. The maximum atomic E-state index is 11.9. The SMILES string of the molecule is CC(=O)Nc1ccc(NC(=O)COC(=O)CCc2nc(-c3cccs3)no2)cc1. The Kier molecular flexibility index (Phi) is 6.69. The highest BCUT2D eigenvalue weighted by atomic mass is 32.1. The molecular formula is C19H18N4O5S. The molecule has 0 aliphatic heterocycles. The quantitative estimate of drug-likeness (QED) is 0.543. The minimum Gasteiger partial charge on any atom is -0.456 e. The Hall–Kier alpha value is -3.53. The van der Waals surface area contributed by atoms with Gasteiger partial charge in [0.25, 0.3) is 5.91 Å². The van der Waals surface area contributed by atoms with Crippen LogP contribution in [-0.2, 0) is 25.5 Å². The molecule has 0 saturated carbocycles. The summed E-state index contributed by atoms with van der Waals surface area (Å²) < 4.78 is 10.1.